The Hall–Kier alpha value is -1.24. The summed E-state index contributed by atoms with van der Waals surface area (Å²) in [5.41, 5.74) is 2.37. The van der Waals surface area contributed by atoms with Crippen LogP contribution in [0.1, 0.15) is 31.4 Å². The van der Waals surface area contributed by atoms with Gasteiger partial charge in [0.1, 0.15) is 0 Å². The number of nitrogens with one attached hydrogen (secondary N) is 1. The van der Waals surface area contributed by atoms with E-state index in [1.54, 1.807) is 18.6 Å². The highest BCUT2D eigenvalue weighted by Gasteiger charge is 2.10. The Morgan fingerprint density at radius 3 is 1.92 bits per heavy atom. The van der Waals surface area contributed by atoms with E-state index in [0.717, 1.165) is 31.9 Å². The molecule has 0 aliphatic heterocycles. The third kappa shape index (κ3) is 7.56. The van der Waals surface area contributed by atoms with Crippen LogP contribution in [0.25, 0.3) is 0 Å². The number of benzene rings is 1. The third-order valence-corrected chi connectivity index (χ3v) is 4.80. The van der Waals surface area contributed by atoms with E-state index in [0.29, 0.717) is 6.04 Å². The molecule has 3 rings (SSSR count). The van der Waals surface area contributed by atoms with Gasteiger partial charge in [0.05, 0.1) is 17.9 Å². The first-order chi connectivity index (χ1) is 12.6. The molecule has 1 unspecified atom stereocenters. The Labute approximate surface area is 180 Å². The highest BCUT2D eigenvalue weighted by molar-refractivity contribution is 9.11. The SMILES string of the molecule is Brc1cncc(Br)c1.CCCC(Nc1cncc(Br)c1)c1ccccc1. The molecule has 0 bridgehead atoms. The molecule has 1 atom stereocenters. The highest BCUT2D eigenvalue weighted by Crippen LogP contribution is 2.24. The Bertz CT molecular complexity index is 780. The van der Waals surface area contributed by atoms with Crippen LogP contribution in [0, 0.1) is 0 Å². The number of hydrogen-bond donors (Lipinski definition) is 1. The van der Waals surface area contributed by atoms with Gasteiger partial charge in [-0.25, -0.2) is 0 Å². The van der Waals surface area contributed by atoms with Gasteiger partial charge in [-0.05, 0) is 71.9 Å². The number of halogens is 3. The molecule has 0 aliphatic carbocycles. The number of hydrogen-bond acceptors (Lipinski definition) is 3. The van der Waals surface area contributed by atoms with E-state index in [-0.39, 0.29) is 0 Å². The van der Waals surface area contributed by atoms with Crippen molar-refractivity contribution >= 4 is 53.5 Å². The molecule has 3 aromatic rings. The molecular weight excluding hydrogens is 522 g/mol. The summed E-state index contributed by atoms with van der Waals surface area (Å²) in [5, 5.41) is 3.54. The molecule has 3 nitrogen and oxygen atoms in total. The molecule has 1 aromatic carbocycles. The van der Waals surface area contributed by atoms with Crippen LogP contribution in [0.3, 0.4) is 0 Å². The van der Waals surface area contributed by atoms with Crippen LogP contribution in [-0.4, -0.2) is 9.97 Å². The van der Waals surface area contributed by atoms with Crippen molar-refractivity contribution in [3.05, 3.63) is 86.2 Å². The Morgan fingerprint density at radius 2 is 1.42 bits per heavy atom. The number of nitrogens with zero attached hydrogens (tertiary/aromatic N) is 2. The van der Waals surface area contributed by atoms with Gasteiger partial charge in [-0.3, -0.25) is 9.97 Å². The first-order valence-electron chi connectivity index (χ1n) is 8.26. The quantitative estimate of drug-likeness (QED) is 0.365. The highest BCUT2D eigenvalue weighted by atomic mass is 79.9. The normalized spacial score (nSPS) is 11.2. The number of anilines is 1. The van der Waals surface area contributed by atoms with Gasteiger partial charge in [0, 0.05) is 32.0 Å². The molecule has 0 amide bonds. The summed E-state index contributed by atoms with van der Waals surface area (Å²) in [5.74, 6) is 0. The van der Waals surface area contributed by atoms with Crippen LogP contribution in [0.2, 0.25) is 0 Å². The van der Waals surface area contributed by atoms with Crippen LogP contribution < -0.4 is 5.32 Å². The maximum Gasteiger partial charge on any atom is 0.0542 e. The Kier molecular flexibility index (Phi) is 9.29. The van der Waals surface area contributed by atoms with Crippen molar-refractivity contribution in [3.8, 4) is 0 Å². The molecule has 2 heterocycles. The number of pyridine rings is 2. The second-order valence-electron chi connectivity index (χ2n) is 5.61. The molecule has 0 saturated heterocycles. The fourth-order valence-corrected chi connectivity index (χ4v) is 3.78. The first-order valence-corrected chi connectivity index (χ1v) is 10.6. The second kappa shape index (κ2) is 11.5. The van der Waals surface area contributed by atoms with Crippen molar-refractivity contribution < 1.29 is 0 Å². The number of rotatable bonds is 5. The van der Waals surface area contributed by atoms with E-state index >= 15 is 0 Å². The molecule has 0 fully saturated rings. The topological polar surface area (TPSA) is 37.8 Å². The van der Waals surface area contributed by atoms with Crippen LogP contribution >= 0.6 is 47.8 Å². The van der Waals surface area contributed by atoms with E-state index in [1.807, 2.05) is 18.3 Å². The minimum absolute atomic E-state index is 0.340. The largest absolute Gasteiger partial charge is 0.377 e. The molecule has 136 valence electrons. The summed E-state index contributed by atoms with van der Waals surface area (Å²) >= 11 is 9.98. The molecule has 26 heavy (non-hydrogen) atoms. The minimum Gasteiger partial charge on any atom is -0.377 e. The van der Waals surface area contributed by atoms with Gasteiger partial charge in [0.15, 0.2) is 0 Å². The zero-order valence-corrected chi connectivity index (χ0v) is 19.1. The molecule has 0 radical (unpaired) electrons. The van der Waals surface area contributed by atoms with Gasteiger partial charge in [0.25, 0.3) is 0 Å². The van der Waals surface area contributed by atoms with Gasteiger partial charge >= 0.3 is 0 Å². The van der Waals surface area contributed by atoms with Gasteiger partial charge < -0.3 is 5.32 Å². The van der Waals surface area contributed by atoms with Crippen LogP contribution in [0.4, 0.5) is 5.69 Å². The van der Waals surface area contributed by atoms with Crippen LogP contribution in [0.15, 0.2) is 80.7 Å². The molecule has 1 N–H and O–H groups in total. The van der Waals surface area contributed by atoms with Crippen molar-refractivity contribution in [1.82, 2.24) is 9.97 Å². The predicted octanol–water partition coefficient (Wildman–Crippen LogP) is 7.40. The maximum atomic E-state index is 4.18. The lowest BCUT2D eigenvalue weighted by Crippen LogP contribution is -2.10. The van der Waals surface area contributed by atoms with E-state index in [9.17, 15) is 0 Å². The monoisotopic (exact) mass is 539 g/mol. The van der Waals surface area contributed by atoms with Crippen molar-refractivity contribution in [2.45, 2.75) is 25.8 Å². The first kappa shape index (κ1) is 21.1. The molecule has 0 aliphatic rings. The Balaban J connectivity index is 0.000000254. The van der Waals surface area contributed by atoms with Crippen molar-refractivity contribution in [3.63, 3.8) is 0 Å². The molecule has 0 saturated carbocycles. The van der Waals surface area contributed by atoms with Crippen molar-refractivity contribution in [2.75, 3.05) is 5.32 Å². The van der Waals surface area contributed by atoms with E-state index in [1.165, 1.54) is 5.56 Å². The lowest BCUT2D eigenvalue weighted by Gasteiger charge is -2.19. The fourth-order valence-electron chi connectivity index (χ4n) is 2.37. The van der Waals surface area contributed by atoms with Crippen LogP contribution in [0.5, 0.6) is 0 Å². The minimum atomic E-state index is 0.340. The van der Waals surface area contributed by atoms with Crippen molar-refractivity contribution in [1.29, 1.82) is 0 Å². The summed E-state index contributed by atoms with van der Waals surface area (Å²) < 4.78 is 2.98. The lowest BCUT2D eigenvalue weighted by molar-refractivity contribution is 0.677. The van der Waals surface area contributed by atoms with Crippen LogP contribution in [-0.2, 0) is 0 Å². The lowest BCUT2D eigenvalue weighted by atomic mass is 10.0. The Morgan fingerprint density at radius 1 is 0.846 bits per heavy atom. The third-order valence-electron chi connectivity index (χ3n) is 3.50. The molecule has 6 heteroatoms. The average Bonchev–Trinajstić information content (AvgIpc) is 2.62. The predicted molar refractivity (Wildman–Crippen MR) is 119 cm³/mol. The smallest absolute Gasteiger partial charge is 0.0542 e. The average molecular weight is 542 g/mol. The number of aromatic nitrogens is 2. The van der Waals surface area contributed by atoms with Gasteiger partial charge in [-0.1, -0.05) is 43.7 Å². The standard InChI is InChI=1S/C15H17BrN2.C5H3Br2N/c1-2-6-15(12-7-4-3-5-8-12)18-14-9-13(16)10-17-11-14;6-4-1-5(7)3-8-2-4/h3-5,7-11,15,18H,2,6H2,1H3;1-3H. The summed E-state index contributed by atoms with van der Waals surface area (Å²) in [7, 11) is 0. The summed E-state index contributed by atoms with van der Waals surface area (Å²) in [6.45, 7) is 2.21. The summed E-state index contributed by atoms with van der Waals surface area (Å²) in [4.78, 5) is 8.07. The van der Waals surface area contributed by atoms with E-state index in [2.05, 4.69) is 100 Å². The molecule has 0 spiro atoms. The van der Waals surface area contributed by atoms with Crippen molar-refractivity contribution in [2.24, 2.45) is 0 Å². The maximum absolute atomic E-state index is 4.18. The van der Waals surface area contributed by atoms with Gasteiger partial charge in [-0.2, -0.15) is 0 Å². The fraction of sp³-hybridized carbons (Fsp3) is 0.200. The summed E-state index contributed by atoms with van der Waals surface area (Å²) in [6, 6.07) is 14.9. The second-order valence-corrected chi connectivity index (χ2v) is 8.36. The molecule has 2 aromatic heterocycles. The van der Waals surface area contributed by atoms with Gasteiger partial charge in [0.2, 0.25) is 0 Å². The van der Waals surface area contributed by atoms with Gasteiger partial charge in [-0.15, -0.1) is 0 Å². The van der Waals surface area contributed by atoms with E-state index in [4.69, 9.17) is 0 Å². The van der Waals surface area contributed by atoms with E-state index < -0.39 is 0 Å². The zero-order valence-electron chi connectivity index (χ0n) is 14.4. The summed E-state index contributed by atoms with van der Waals surface area (Å²) in [6.07, 6.45) is 9.39. The molecular formula is C20H20Br3N3. The zero-order chi connectivity index (χ0) is 18.8.